The van der Waals surface area contributed by atoms with Crippen LogP contribution in [0, 0.1) is 0 Å². The highest BCUT2D eigenvalue weighted by atomic mass is 16.5. The van der Waals surface area contributed by atoms with Crippen molar-refractivity contribution in [1.29, 1.82) is 0 Å². The summed E-state index contributed by atoms with van der Waals surface area (Å²) >= 11 is 0. The topological polar surface area (TPSA) is 174 Å². The van der Waals surface area contributed by atoms with Gasteiger partial charge in [-0.2, -0.15) is 0 Å². The third-order valence-electron chi connectivity index (χ3n) is 8.64. The van der Waals surface area contributed by atoms with Gasteiger partial charge in [0, 0.05) is 55.4 Å². The van der Waals surface area contributed by atoms with E-state index in [0.717, 1.165) is 0 Å². The van der Waals surface area contributed by atoms with Crippen molar-refractivity contribution in [2.45, 2.75) is 57.2 Å². The van der Waals surface area contributed by atoms with Crippen LogP contribution in [-0.4, -0.2) is 67.6 Å². The van der Waals surface area contributed by atoms with Crippen LogP contribution in [0.3, 0.4) is 0 Å². The second-order valence-electron chi connectivity index (χ2n) is 12.2. The van der Waals surface area contributed by atoms with Crippen LogP contribution in [0.5, 0.6) is 34.5 Å². The molecule has 0 heterocycles. The maximum absolute atomic E-state index is 13.0. The summed E-state index contributed by atoms with van der Waals surface area (Å²) in [5.74, 6) is -1.71. The smallest absolute Gasteiger partial charge is 0.169 e. The van der Waals surface area contributed by atoms with Gasteiger partial charge in [0.05, 0.1) is 47.3 Å². The van der Waals surface area contributed by atoms with E-state index in [-0.39, 0.29) is 99.6 Å². The normalized spacial score (nSPS) is 21.6. The number of ketones is 2. The van der Waals surface area contributed by atoms with Crippen LogP contribution < -0.4 is 9.47 Å². The molecule has 224 valence electrons. The Labute approximate surface area is 246 Å². The van der Waals surface area contributed by atoms with Gasteiger partial charge in [-0.3, -0.25) is 9.59 Å². The van der Waals surface area contributed by atoms with Gasteiger partial charge in [-0.15, -0.1) is 0 Å². The maximum atomic E-state index is 13.0. The molecule has 6 rings (SSSR count). The third kappa shape index (κ3) is 4.40. The Morgan fingerprint density at radius 3 is 1.37 bits per heavy atom. The standard InChI is InChI=1S/C33H32O10/c1-32(40)10-14-5-18-16(20(34)8-24(42-3)28(18)30(38)26(14)22(36)12-32)7-17-19-6-15-11-33(2,41)13-23(37)27(15)31(39)29(19)25(43-4)9-21(17)35/h5-6,8-9,34-35,38-41H,7,10-13H2,1-4H3. The van der Waals surface area contributed by atoms with E-state index in [9.17, 15) is 40.2 Å². The van der Waals surface area contributed by atoms with E-state index in [1.54, 1.807) is 12.1 Å². The second-order valence-corrected chi connectivity index (χ2v) is 12.2. The van der Waals surface area contributed by atoms with Crippen molar-refractivity contribution in [3.63, 3.8) is 0 Å². The lowest BCUT2D eigenvalue weighted by atomic mass is 9.78. The van der Waals surface area contributed by atoms with Gasteiger partial charge in [-0.05, 0) is 47.9 Å². The number of ether oxygens (including phenoxy) is 2. The number of methoxy groups -OCH3 is 2. The lowest BCUT2D eigenvalue weighted by Crippen LogP contribution is -2.35. The van der Waals surface area contributed by atoms with Gasteiger partial charge < -0.3 is 40.1 Å². The highest BCUT2D eigenvalue weighted by molar-refractivity contribution is 6.12. The molecule has 43 heavy (non-hydrogen) atoms. The highest BCUT2D eigenvalue weighted by Crippen LogP contribution is 2.50. The Bertz CT molecular complexity index is 1760. The number of hydrogen-bond donors (Lipinski definition) is 6. The first kappa shape index (κ1) is 28.6. The number of rotatable bonds is 4. The largest absolute Gasteiger partial charge is 0.507 e. The van der Waals surface area contributed by atoms with E-state index in [0.29, 0.717) is 21.9 Å². The number of Topliss-reactive ketones (excluding diaryl/α,β-unsaturated/α-hetero) is 2. The van der Waals surface area contributed by atoms with Gasteiger partial charge in [-0.1, -0.05) is 0 Å². The lowest BCUT2D eigenvalue weighted by Gasteiger charge is -2.30. The highest BCUT2D eigenvalue weighted by Gasteiger charge is 2.38. The number of carbonyl (C=O) groups is 2. The Hall–Kier alpha value is -4.54. The molecule has 4 aromatic carbocycles. The van der Waals surface area contributed by atoms with Crippen LogP contribution in [0.25, 0.3) is 21.5 Å². The monoisotopic (exact) mass is 588 g/mol. The zero-order valence-electron chi connectivity index (χ0n) is 24.2. The minimum absolute atomic E-state index is 0.0830. The molecule has 10 nitrogen and oxygen atoms in total. The summed E-state index contributed by atoms with van der Waals surface area (Å²) in [5, 5.41) is 67.6. The summed E-state index contributed by atoms with van der Waals surface area (Å²) in [4.78, 5) is 25.9. The zero-order chi connectivity index (χ0) is 31.2. The van der Waals surface area contributed by atoms with E-state index in [2.05, 4.69) is 0 Å². The molecule has 0 saturated carbocycles. The number of aliphatic hydroxyl groups is 2. The maximum Gasteiger partial charge on any atom is 0.169 e. The quantitative estimate of drug-likeness (QED) is 0.203. The van der Waals surface area contributed by atoms with Gasteiger partial charge in [0.25, 0.3) is 0 Å². The molecule has 2 aliphatic carbocycles. The zero-order valence-corrected chi connectivity index (χ0v) is 24.2. The molecule has 0 spiro atoms. The summed E-state index contributed by atoms with van der Waals surface area (Å²) in [5.41, 5.74) is -1.15. The van der Waals surface area contributed by atoms with Crippen LogP contribution in [-0.2, 0) is 19.3 Å². The predicted molar refractivity (Wildman–Crippen MR) is 157 cm³/mol. The number of fused-ring (bicyclic) bond motifs is 4. The Balaban J connectivity index is 1.65. The van der Waals surface area contributed by atoms with Crippen LogP contribution in [0.4, 0.5) is 0 Å². The number of hydrogen-bond acceptors (Lipinski definition) is 10. The van der Waals surface area contributed by atoms with Crippen LogP contribution in [0.15, 0.2) is 24.3 Å². The molecule has 0 saturated heterocycles. The molecule has 0 fully saturated rings. The fraction of sp³-hybridized carbons (Fsp3) is 0.333. The minimum atomic E-state index is -1.33. The molecule has 0 bridgehead atoms. The van der Waals surface area contributed by atoms with Gasteiger partial charge in [0.1, 0.15) is 34.5 Å². The first-order valence-electron chi connectivity index (χ1n) is 13.8. The van der Waals surface area contributed by atoms with Crippen LogP contribution in [0.2, 0.25) is 0 Å². The van der Waals surface area contributed by atoms with Crippen molar-refractivity contribution in [2.24, 2.45) is 0 Å². The van der Waals surface area contributed by atoms with E-state index in [1.807, 2.05) is 0 Å². The van der Waals surface area contributed by atoms with Crippen molar-refractivity contribution in [3.8, 4) is 34.5 Å². The number of phenolic OH excluding ortho intramolecular Hbond substituents is 4. The molecule has 2 unspecified atom stereocenters. The van der Waals surface area contributed by atoms with Crippen LogP contribution in [0.1, 0.15) is 69.7 Å². The first-order valence-corrected chi connectivity index (χ1v) is 13.8. The molecular formula is C33H32O10. The van der Waals surface area contributed by atoms with Gasteiger partial charge in [0.15, 0.2) is 11.6 Å². The van der Waals surface area contributed by atoms with Crippen molar-refractivity contribution in [3.05, 3.63) is 57.6 Å². The molecular weight excluding hydrogens is 556 g/mol. The molecule has 4 aromatic rings. The molecule has 0 radical (unpaired) electrons. The summed E-state index contributed by atoms with van der Waals surface area (Å²) in [6.07, 6.45) is -0.286. The molecule has 10 heteroatoms. The van der Waals surface area contributed by atoms with Gasteiger partial charge >= 0.3 is 0 Å². The predicted octanol–water partition coefficient (Wildman–Crippen LogP) is 4.18. The van der Waals surface area contributed by atoms with E-state index in [1.165, 1.54) is 40.2 Å². The molecule has 2 atom stereocenters. The number of aromatic hydroxyl groups is 4. The summed E-state index contributed by atoms with van der Waals surface area (Å²) < 4.78 is 10.9. The number of phenols is 4. The molecule has 0 amide bonds. The summed E-state index contributed by atoms with van der Waals surface area (Å²) in [7, 11) is 2.73. The first-order chi connectivity index (χ1) is 20.2. The number of benzene rings is 4. The van der Waals surface area contributed by atoms with Crippen molar-refractivity contribution in [2.75, 3.05) is 14.2 Å². The van der Waals surface area contributed by atoms with Gasteiger partial charge in [-0.25, -0.2) is 0 Å². The van der Waals surface area contributed by atoms with Crippen molar-refractivity contribution in [1.82, 2.24) is 0 Å². The summed E-state index contributed by atoms with van der Waals surface area (Å²) in [6, 6.07) is 5.88. The molecule has 0 aliphatic heterocycles. The van der Waals surface area contributed by atoms with E-state index >= 15 is 0 Å². The molecule has 2 aliphatic rings. The van der Waals surface area contributed by atoms with Crippen molar-refractivity contribution >= 4 is 33.1 Å². The molecule has 6 N–H and O–H groups in total. The van der Waals surface area contributed by atoms with Crippen LogP contribution >= 0.6 is 0 Å². The third-order valence-corrected chi connectivity index (χ3v) is 8.64. The minimum Gasteiger partial charge on any atom is -0.507 e. The molecule has 0 aromatic heterocycles. The SMILES string of the molecule is COc1cc(O)c(Cc2c(O)cc(OC)c3c(O)c4c(cc23)CC(C)(O)CC4=O)c2cc3c(c(O)c12)C(=O)CC(C)(O)C3. The Morgan fingerprint density at radius 1 is 0.651 bits per heavy atom. The van der Waals surface area contributed by atoms with Crippen molar-refractivity contribution < 1.29 is 49.7 Å². The van der Waals surface area contributed by atoms with Gasteiger partial charge in [0.2, 0.25) is 0 Å². The number of carbonyl (C=O) groups excluding carboxylic acids is 2. The average Bonchev–Trinajstić information content (AvgIpc) is 2.88. The lowest BCUT2D eigenvalue weighted by molar-refractivity contribution is 0.0396. The Morgan fingerprint density at radius 2 is 1.02 bits per heavy atom. The van der Waals surface area contributed by atoms with E-state index < -0.39 is 22.8 Å². The fourth-order valence-corrected chi connectivity index (χ4v) is 6.85. The Kier molecular flexibility index (Phi) is 6.30. The second kappa shape index (κ2) is 9.48. The van der Waals surface area contributed by atoms with E-state index in [4.69, 9.17) is 9.47 Å². The summed E-state index contributed by atoms with van der Waals surface area (Å²) in [6.45, 7) is 3.08. The fourth-order valence-electron chi connectivity index (χ4n) is 6.85. The average molecular weight is 589 g/mol.